The van der Waals surface area contributed by atoms with Gasteiger partial charge in [-0.15, -0.1) is 35.3 Å². The summed E-state index contributed by atoms with van der Waals surface area (Å²) < 4.78 is 13.1. The molecule has 0 atom stereocenters. The van der Waals surface area contributed by atoms with Crippen LogP contribution < -0.4 is 10.6 Å². The fourth-order valence-corrected chi connectivity index (χ4v) is 3.36. The standard InChI is InChI=1S/C19H27FN4S.HI/c1-13(2)18-24-17(12-25-18)8-10-23-19(21-4)22-9-7-15-5-6-16(20)11-14(15)3;/h5-6,11-13H,7-10H2,1-4H3,(H2,21,22,23);1H. The molecular weight excluding hydrogens is 462 g/mol. The molecular formula is C19H28FIN4S. The van der Waals surface area contributed by atoms with Crippen molar-refractivity contribution >= 4 is 41.3 Å². The van der Waals surface area contributed by atoms with Gasteiger partial charge in [-0.05, 0) is 36.6 Å². The van der Waals surface area contributed by atoms with E-state index in [4.69, 9.17) is 0 Å². The summed E-state index contributed by atoms with van der Waals surface area (Å²) in [5, 5.41) is 9.92. The van der Waals surface area contributed by atoms with Crippen LogP contribution >= 0.6 is 35.3 Å². The van der Waals surface area contributed by atoms with E-state index in [0.29, 0.717) is 5.92 Å². The van der Waals surface area contributed by atoms with E-state index in [1.54, 1.807) is 24.5 Å². The van der Waals surface area contributed by atoms with Crippen LogP contribution in [0.2, 0.25) is 0 Å². The van der Waals surface area contributed by atoms with Crippen LogP contribution in [-0.2, 0) is 12.8 Å². The average Bonchev–Trinajstić information content (AvgIpc) is 3.04. The average molecular weight is 490 g/mol. The van der Waals surface area contributed by atoms with E-state index in [-0.39, 0.29) is 29.8 Å². The molecule has 0 amide bonds. The van der Waals surface area contributed by atoms with Gasteiger partial charge in [-0.2, -0.15) is 0 Å². The van der Waals surface area contributed by atoms with Crippen molar-refractivity contribution in [3.8, 4) is 0 Å². The Kier molecular flexibility index (Phi) is 10.1. The molecule has 0 aliphatic heterocycles. The molecule has 1 heterocycles. The van der Waals surface area contributed by atoms with E-state index in [0.717, 1.165) is 48.7 Å². The molecule has 0 unspecified atom stereocenters. The van der Waals surface area contributed by atoms with Crippen molar-refractivity contribution in [1.29, 1.82) is 0 Å². The number of nitrogens with one attached hydrogen (secondary N) is 2. The summed E-state index contributed by atoms with van der Waals surface area (Å²) in [5.74, 6) is 1.07. The smallest absolute Gasteiger partial charge is 0.190 e. The summed E-state index contributed by atoms with van der Waals surface area (Å²) in [4.78, 5) is 8.88. The van der Waals surface area contributed by atoms with Gasteiger partial charge in [0.25, 0.3) is 0 Å². The van der Waals surface area contributed by atoms with Crippen LogP contribution in [0.25, 0.3) is 0 Å². The molecule has 7 heteroatoms. The van der Waals surface area contributed by atoms with Crippen molar-refractivity contribution in [2.45, 2.75) is 39.5 Å². The quantitative estimate of drug-likeness (QED) is 0.346. The van der Waals surface area contributed by atoms with Crippen LogP contribution in [0, 0.1) is 12.7 Å². The van der Waals surface area contributed by atoms with Gasteiger partial charge in [-0.25, -0.2) is 9.37 Å². The van der Waals surface area contributed by atoms with Crippen molar-refractivity contribution in [3.63, 3.8) is 0 Å². The second-order valence-corrected chi connectivity index (χ2v) is 7.22. The van der Waals surface area contributed by atoms with Gasteiger partial charge in [-0.3, -0.25) is 4.99 Å². The van der Waals surface area contributed by atoms with E-state index < -0.39 is 0 Å². The number of hydrogen-bond acceptors (Lipinski definition) is 3. The summed E-state index contributed by atoms with van der Waals surface area (Å²) in [5.41, 5.74) is 3.25. The van der Waals surface area contributed by atoms with Gasteiger partial charge in [-0.1, -0.05) is 19.9 Å². The van der Waals surface area contributed by atoms with Gasteiger partial charge < -0.3 is 10.6 Å². The lowest BCUT2D eigenvalue weighted by Gasteiger charge is -2.12. The van der Waals surface area contributed by atoms with Crippen LogP contribution in [-0.4, -0.2) is 31.1 Å². The maximum atomic E-state index is 13.1. The third-order valence-corrected chi connectivity index (χ3v) is 5.15. The largest absolute Gasteiger partial charge is 0.356 e. The molecule has 0 spiro atoms. The molecule has 0 aliphatic carbocycles. The van der Waals surface area contributed by atoms with Crippen molar-refractivity contribution in [1.82, 2.24) is 15.6 Å². The molecule has 1 aromatic heterocycles. The number of aliphatic imine (C=N–C) groups is 1. The Balaban J connectivity index is 0.00000338. The van der Waals surface area contributed by atoms with Crippen LogP contribution in [0.3, 0.4) is 0 Å². The highest BCUT2D eigenvalue weighted by molar-refractivity contribution is 14.0. The van der Waals surface area contributed by atoms with Gasteiger partial charge >= 0.3 is 0 Å². The lowest BCUT2D eigenvalue weighted by molar-refractivity contribution is 0.625. The molecule has 4 nitrogen and oxygen atoms in total. The SMILES string of the molecule is CN=C(NCCc1csc(C(C)C)n1)NCCc1ccc(F)cc1C.I. The van der Waals surface area contributed by atoms with Gasteiger partial charge in [0.05, 0.1) is 10.7 Å². The summed E-state index contributed by atoms with van der Waals surface area (Å²) in [6, 6.07) is 4.92. The molecule has 0 bridgehead atoms. The number of benzene rings is 1. The maximum absolute atomic E-state index is 13.1. The van der Waals surface area contributed by atoms with E-state index in [1.807, 2.05) is 13.0 Å². The molecule has 0 aliphatic rings. The monoisotopic (exact) mass is 490 g/mol. The highest BCUT2D eigenvalue weighted by atomic mass is 127. The second-order valence-electron chi connectivity index (χ2n) is 6.33. The molecule has 2 N–H and O–H groups in total. The molecule has 0 fully saturated rings. The molecule has 0 saturated heterocycles. The van der Waals surface area contributed by atoms with Crippen molar-refractivity contribution in [3.05, 3.63) is 51.2 Å². The molecule has 144 valence electrons. The number of guanidine groups is 1. The summed E-state index contributed by atoms with van der Waals surface area (Å²) in [7, 11) is 1.76. The molecule has 2 rings (SSSR count). The van der Waals surface area contributed by atoms with Gasteiger partial charge in [0, 0.05) is 37.9 Å². The minimum absolute atomic E-state index is 0. The Hall–Kier alpha value is -1.22. The minimum atomic E-state index is -0.186. The number of aryl methyl sites for hydroxylation is 1. The number of aromatic nitrogens is 1. The zero-order valence-electron chi connectivity index (χ0n) is 15.8. The van der Waals surface area contributed by atoms with Crippen LogP contribution in [0.4, 0.5) is 4.39 Å². The maximum Gasteiger partial charge on any atom is 0.190 e. The van der Waals surface area contributed by atoms with E-state index in [2.05, 4.69) is 39.8 Å². The highest BCUT2D eigenvalue weighted by Crippen LogP contribution is 2.19. The van der Waals surface area contributed by atoms with Crippen LogP contribution in [0.1, 0.15) is 41.6 Å². The molecule has 0 radical (unpaired) electrons. The summed E-state index contributed by atoms with van der Waals surface area (Å²) in [6.07, 6.45) is 1.71. The Morgan fingerprint density at radius 2 is 1.92 bits per heavy atom. The first-order valence-electron chi connectivity index (χ1n) is 8.63. The Labute approximate surface area is 176 Å². The third-order valence-electron chi connectivity index (χ3n) is 3.95. The topological polar surface area (TPSA) is 49.3 Å². The van der Waals surface area contributed by atoms with E-state index in [9.17, 15) is 4.39 Å². The lowest BCUT2D eigenvalue weighted by Crippen LogP contribution is -2.39. The molecule has 26 heavy (non-hydrogen) atoms. The summed E-state index contributed by atoms with van der Waals surface area (Å²) >= 11 is 1.72. The van der Waals surface area contributed by atoms with Crippen molar-refractivity contribution < 1.29 is 4.39 Å². The Bertz CT molecular complexity index is 715. The number of nitrogens with zero attached hydrogens (tertiary/aromatic N) is 2. The highest BCUT2D eigenvalue weighted by Gasteiger charge is 2.06. The van der Waals surface area contributed by atoms with E-state index in [1.165, 1.54) is 11.1 Å². The van der Waals surface area contributed by atoms with E-state index >= 15 is 0 Å². The predicted octanol–water partition coefficient (Wildman–Crippen LogP) is 4.28. The van der Waals surface area contributed by atoms with Gasteiger partial charge in [0.1, 0.15) is 5.82 Å². The van der Waals surface area contributed by atoms with Gasteiger partial charge in [0.2, 0.25) is 0 Å². The molecule has 1 aromatic carbocycles. The first-order valence-corrected chi connectivity index (χ1v) is 9.51. The second kappa shape index (κ2) is 11.5. The number of thiazole rings is 1. The lowest BCUT2D eigenvalue weighted by atomic mass is 10.1. The zero-order chi connectivity index (χ0) is 18.2. The van der Waals surface area contributed by atoms with Crippen molar-refractivity contribution in [2.75, 3.05) is 20.1 Å². The number of hydrogen-bond donors (Lipinski definition) is 2. The minimum Gasteiger partial charge on any atom is -0.356 e. The zero-order valence-corrected chi connectivity index (χ0v) is 19.0. The van der Waals surface area contributed by atoms with Crippen LogP contribution in [0.5, 0.6) is 0 Å². The Morgan fingerprint density at radius 1 is 1.23 bits per heavy atom. The normalized spacial score (nSPS) is 11.4. The summed E-state index contributed by atoms with van der Waals surface area (Å²) in [6.45, 7) is 7.80. The van der Waals surface area contributed by atoms with Gasteiger partial charge in [0.15, 0.2) is 5.96 Å². The van der Waals surface area contributed by atoms with Crippen molar-refractivity contribution in [2.24, 2.45) is 4.99 Å². The number of halogens is 2. The fourth-order valence-electron chi connectivity index (χ4n) is 2.49. The fraction of sp³-hybridized carbons (Fsp3) is 0.474. The number of rotatable bonds is 7. The molecule has 2 aromatic rings. The third kappa shape index (κ3) is 7.19. The first kappa shape index (κ1) is 22.8. The first-order chi connectivity index (χ1) is 12.0. The van der Waals surface area contributed by atoms with Crippen LogP contribution in [0.15, 0.2) is 28.6 Å². The molecule has 0 saturated carbocycles. The predicted molar refractivity (Wildman–Crippen MR) is 120 cm³/mol. The Morgan fingerprint density at radius 3 is 2.50 bits per heavy atom.